The number of aliphatic hydroxyl groups is 1. The van der Waals surface area contributed by atoms with Crippen molar-refractivity contribution in [2.75, 3.05) is 6.61 Å². The Morgan fingerprint density at radius 2 is 2.40 bits per heavy atom. The molecule has 0 heterocycles. The first kappa shape index (κ1) is 9.62. The molecule has 0 aliphatic carbocycles. The molecule has 0 saturated heterocycles. The molecule has 1 atom stereocenters. The van der Waals surface area contributed by atoms with Gasteiger partial charge in [-0.05, 0) is 13.3 Å². The van der Waals surface area contributed by atoms with E-state index in [2.05, 4.69) is 12.1 Å². The minimum absolute atomic E-state index is 0.386. The third kappa shape index (κ3) is 5.75. The van der Waals surface area contributed by atoms with Crippen molar-refractivity contribution in [1.29, 1.82) is 0 Å². The van der Waals surface area contributed by atoms with Gasteiger partial charge in [0.1, 0.15) is 6.23 Å². The van der Waals surface area contributed by atoms with Gasteiger partial charge in [0.05, 0.1) is 6.61 Å². The van der Waals surface area contributed by atoms with Gasteiger partial charge in [-0.25, -0.2) is 0 Å². The van der Waals surface area contributed by atoms with Gasteiger partial charge >= 0.3 is 0 Å². The first-order chi connectivity index (χ1) is 4.66. The first-order valence-electron chi connectivity index (χ1n) is 3.31. The van der Waals surface area contributed by atoms with Crippen LogP contribution in [0.3, 0.4) is 0 Å². The molecular formula is C7H14NO2. The zero-order valence-corrected chi connectivity index (χ0v) is 6.50. The van der Waals surface area contributed by atoms with Crippen LogP contribution in [0.15, 0.2) is 12.2 Å². The topological polar surface area (TPSA) is 43.6 Å². The van der Waals surface area contributed by atoms with E-state index in [1.807, 2.05) is 13.8 Å². The molecule has 10 heavy (non-hydrogen) atoms. The van der Waals surface area contributed by atoms with Crippen molar-refractivity contribution in [2.45, 2.75) is 26.5 Å². The third-order valence-corrected chi connectivity index (χ3v) is 0.872. The lowest BCUT2D eigenvalue weighted by Gasteiger charge is -2.06. The van der Waals surface area contributed by atoms with Crippen LogP contribution in [-0.4, -0.2) is 17.9 Å². The van der Waals surface area contributed by atoms with Crippen LogP contribution >= 0.6 is 0 Å². The Morgan fingerprint density at radius 3 is 2.80 bits per heavy atom. The maximum Gasteiger partial charge on any atom is 0.148 e. The van der Waals surface area contributed by atoms with Gasteiger partial charge in [0.15, 0.2) is 0 Å². The molecule has 1 unspecified atom stereocenters. The summed E-state index contributed by atoms with van der Waals surface area (Å²) in [6.45, 7) is 7.67. The molecule has 0 amide bonds. The monoisotopic (exact) mass is 144 g/mol. The summed E-state index contributed by atoms with van der Waals surface area (Å²) in [5.41, 5.74) is 4.37. The number of hydrogen-bond acceptors (Lipinski definition) is 2. The Hall–Kier alpha value is -0.380. The Morgan fingerprint density at radius 1 is 1.80 bits per heavy atom. The van der Waals surface area contributed by atoms with Crippen molar-refractivity contribution >= 4 is 0 Å². The van der Waals surface area contributed by atoms with E-state index in [1.54, 1.807) is 0 Å². The molecule has 1 N–H and O–H groups in total. The van der Waals surface area contributed by atoms with Gasteiger partial charge in [-0.2, -0.15) is 0 Å². The Bertz CT molecular complexity index is 104. The van der Waals surface area contributed by atoms with Gasteiger partial charge in [0, 0.05) is 0 Å². The van der Waals surface area contributed by atoms with Gasteiger partial charge in [-0.3, -0.25) is 4.84 Å². The summed E-state index contributed by atoms with van der Waals surface area (Å²) in [5, 5.41) is 8.85. The molecule has 0 fully saturated rings. The van der Waals surface area contributed by atoms with Crippen molar-refractivity contribution in [3.63, 3.8) is 0 Å². The fourth-order valence-corrected chi connectivity index (χ4v) is 0.308. The van der Waals surface area contributed by atoms with Crippen LogP contribution in [0, 0.1) is 0 Å². The van der Waals surface area contributed by atoms with Crippen LogP contribution < -0.4 is 5.48 Å². The number of aliphatic hydroxyl groups excluding tert-OH is 1. The standard InChI is InChI=1S/C7H14NO2/c1-4-7(9)8-10-5-6(2)3/h7,9H,2,4-5H2,1,3H3. The third-order valence-electron chi connectivity index (χ3n) is 0.872. The summed E-state index contributed by atoms with van der Waals surface area (Å²) < 4.78 is 0. The molecule has 3 nitrogen and oxygen atoms in total. The summed E-state index contributed by atoms with van der Waals surface area (Å²) in [6.07, 6.45) is -0.115. The van der Waals surface area contributed by atoms with Crippen molar-refractivity contribution in [3.8, 4) is 0 Å². The molecule has 0 rings (SSSR count). The molecule has 0 spiro atoms. The smallest absolute Gasteiger partial charge is 0.148 e. The lowest BCUT2D eigenvalue weighted by atomic mass is 10.4. The van der Waals surface area contributed by atoms with E-state index in [-0.39, 0.29) is 0 Å². The minimum Gasteiger partial charge on any atom is -0.375 e. The zero-order valence-electron chi connectivity index (χ0n) is 6.50. The molecule has 1 radical (unpaired) electrons. The summed E-state index contributed by atoms with van der Waals surface area (Å²) in [6, 6.07) is 0. The first-order valence-corrected chi connectivity index (χ1v) is 3.31. The Kier molecular flexibility index (Phi) is 5.20. The van der Waals surface area contributed by atoms with Crippen molar-refractivity contribution in [1.82, 2.24) is 5.48 Å². The van der Waals surface area contributed by atoms with Crippen LogP contribution in [0.25, 0.3) is 0 Å². The lowest BCUT2D eigenvalue weighted by molar-refractivity contribution is -0.0565. The van der Waals surface area contributed by atoms with Crippen LogP contribution in [-0.2, 0) is 4.84 Å². The number of rotatable bonds is 5. The highest BCUT2D eigenvalue weighted by molar-refractivity contribution is 4.86. The normalized spacial score (nSPS) is 13.1. The SMILES string of the molecule is C=C(C)CO[N]C(O)CC. The predicted octanol–water partition coefficient (Wildman–Crippen LogP) is 0.827. The fraction of sp³-hybridized carbons (Fsp3) is 0.714. The molecule has 0 aliphatic heterocycles. The molecule has 3 heteroatoms. The number of hydrogen-bond donors (Lipinski definition) is 1. The quantitative estimate of drug-likeness (QED) is 0.458. The number of nitrogens with zero attached hydrogens (tertiary/aromatic N) is 1. The lowest BCUT2D eigenvalue weighted by Crippen LogP contribution is -2.21. The largest absolute Gasteiger partial charge is 0.375 e. The predicted molar refractivity (Wildman–Crippen MR) is 39.2 cm³/mol. The van der Waals surface area contributed by atoms with Crippen LogP contribution in [0.1, 0.15) is 20.3 Å². The van der Waals surface area contributed by atoms with Crippen LogP contribution in [0.2, 0.25) is 0 Å². The summed E-state index contributed by atoms with van der Waals surface area (Å²) in [5.74, 6) is 0. The number of hydroxylamine groups is 1. The van der Waals surface area contributed by atoms with E-state index in [0.29, 0.717) is 13.0 Å². The highest BCUT2D eigenvalue weighted by Gasteiger charge is 1.99. The Balaban J connectivity index is 3.11. The van der Waals surface area contributed by atoms with E-state index >= 15 is 0 Å². The second-order valence-corrected chi connectivity index (χ2v) is 2.22. The fourth-order valence-electron chi connectivity index (χ4n) is 0.308. The van der Waals surface area contributed by atoms with Crippen LogP contribution in [0.5, 0.6) is 0 Å². The van der Waals surface area contributed by atoms with Gasteiger partial charge < -0.3 is 5.11 Å². The Labute approximate surface area is 61.7 Å². The molecular weight excluding hydrogens is 130 g/mol. The van der Waals surface area contributed by atoms with E-state index in [4.69, 9.17) is 9.94 Å². The minimum atomic E-state index is -0.695. The van der Waals surface area contributed by atoms with Gasteiger partial charge in [-0.1, -0.05) is 24.6 Å². The molecule has 0 aliphatic rings. The van der Waals surface area contributed by atoms with Gasteiger partial charge in [-0.15, -0.1) is 0 Å². The van der Waals surface area contributed by atoms with Crippen LogP contribution in [0.4, 0.5) is 0 Å². The van der Waals surface area contributed by atoms with E-state index in [0.717, 1.165) is 5.57 Å². The average Bonchev–Trinajstić information content (AvgIpc) is 1.87. The van der Waals surface area contributed by atoms with E-state index in [1.165, 1.54) is 0 Å². The van der Waals surface area contributed by atoms with Gasteiger partial charge in [0.25, 0.3) is 0 Å². The molecule has 0 bridgehead atoms. The summed E-state index contributed by atoms with van der Waals surface area (Å²) in [7, 11) is 0. The average molecular weight is 144 g/mol. The molecule has 0 saturated carbocycles. The second kappa shape index (κ2) is 5.41. The van der Waals surface area contributed by atoms with Gasteiger partial charge in [0.2, 0.25) is 0 Å². The van der Waals surface area contributed by atoms with E-state index in [9.17, 15) is 0 Å². The maximum absolute atomic E-state index is 8.85. The van der Waals surface area contributed by atoms with Crippen molar-refractivity contribution < 1.29 is 9.94 Å². The zero-order chi connectivity index (χ0) is 7.98. The van der Waals surface area contributed by atoms with Crippen molar-refractivity contribution in [2.24, 2.45) is 0 Å². The molecule has 59 valence electrons. The highest BCUT2D eigenvalue weighted by Crippen LogP contribution is 1.90. The molecule has 0 aromatic rings. The second-order valence-electron chi connectivity index (χ2n) is 2.22. The molecule has 0 aromatic carbocycles. The molecule has 0 aromatic heterocycles. The maximum atomic E-state index is 8.85. The summed E-state index contributed by atoms with van der Waals surface area (Å²) >= 11 is 0. The summed E-state index contributed by atoms with van der Waals surface area (Å²) in [4.78, 5) is 4.72. The van der Waals surface area contributed by atoms with E-state index < -0.39 is 6.23 Å². The highest BCUT2D eigenvalue weighted by atomic mass is 16.7. The van der Waals surface area contributed by atoms with Crippen molar-refractivity contribution in [3.05, 3.63) is 12.2 Å².